The summed E-state index contributed by atoms with van der Waals surface area (Å²) < 4.78 is 1.24. The molecule has 5 aromatic carbocycles. The molecule has 32 heavy (non-hydrogen) atoms. The summed E-state index contributed by atoms with van der Waals surface area (Å²) in [6.45, 7) is 0. The molecule has 0 saturated carbocycles. The fraction of sp³-hybridized carbons (Fsp3) is 0. The predicted molar refractivity (Wildman–Crippen MR) is 145 cm³/mol. The Morgan fingerprint density at radius 2 is 0.812 bits per heavy atom. The molecule has 1 nitrogen and oxygen atoms in total. The number of halogens is 1. The molecule has 2 heteroatoms. The van der Waals surface area contributed by atoms with E-state index in [2.05, 4.69) is 161 Å². The highest BCUT2D eigenvalue weighted by atomic mass is 127. The molecule has 0 atom stereocenters. The van der Waals surface area contributed by atoms with Gasteiger partial charge in [-0.2, -0.15) is 0 Å². The molecule has 0 N–H and O–H groups in total. The van der Waals surface area contributed by atoms with Gasteiger partial charge in [-0.05, 0) is 93.4 Å². The first-order chi connectivity index (χ1) is 15.8. The quantitative estimate of drug-likeness (QED) is 0.208. The number of nitrogens with zero attached hydrogens (tertiary/aromatic N) is 1. The third kappa shape index (κ3) is 4.46. The van der Waals surface area contributed by atoms with Crippen LogP contribution in [0, 0.1) is 3.57 Å². The minimum Gasteiger partial charge on any atom is -0.311 e. The van der Waals surface area contributed by atoms with Crippen LogP contribution in [0.15, 0.2) is 133 Å². The van der Waals surface area contributed by atoms with E-state index < -0.39 is 0 Å². The summed E-state index contributed by atoms with van der Waals surface area (Å²) in [5.41, 5.74) is 8.32. The lowest BCUT2D eigenvalue weighted by atomic mass is 10.0. The lowest BCUT2D eigenvalue weighted by molar-refractivity contribution is 1.28. The van der Waals surface area contributed by atoms with Gasteiger partial charge < -0.3 is 4.90 Å². The van der Waals surface area contributed by atoms with Crippen molar-refractivity contribution in [3.8, 4) is 22.3 Å². The van der Waals surface area contributed by atoms with Crippen molar-refractivity contribution >= 4 is 39.7 Å². The van der Waals surface area contributed by atoms with Gasteiger partial charge in [0.2, 0.25) is 0 Å². The Kier molecular flexibility index (Phi) is 6.04. The van der Waals surface area contributed by atoms with E-state index in [4.69, 9.17) is 0 Å². The van der Waals surface area contributed by atoms with Gasteiger partial charge in [-0.3, -0.25) is 0 Å². The molecule has 0 radical (unpaired) electrons. The van der Waals surface area contributed by atoms with Crippen molar-refractivity contribution < 1.29 is 0 Å². The van der Waals surface area contributed by atoms with E-state index in [0.717, 1.165) is 17.1 Å². The average Bonchev–Trinajstić information content (AvgIpc) is 2.86. The van der Waals surface area contributed by atoms with Crippen LogP contribution in [0.1, 0.15) is 0 Å². The number of hydrogen-bond donors (Lipinski definition) is 0. The molecule has 0 spiro atoms. The van der Waals surface area contributed by atoms with Gasteiger partial charge >= 0.3 is 0 Å². The molecule has 5 aromatic rings. The van der Waals surface area contributed by atoms with Crippen molar-refractivity contribution in [2.75, 3.05) is 4.90 Å². The van der Waals surface area contributed by atoms with Crippen molar-refractivity contribution in [1.29, 1.82) is 0 Å². The van der Waals surface area contributed by atoms with Crippen LogP contribution in [0.25, 0.3) is 22.3 Å². The maximum Gasteiger partial charge on any atom is 0.0462 e. The second-order valence-electron chi connectivity index (χ2n) is 7.64. The van der Waals surface area contributed by atoms with Crippen molar-refractivity contribution in [3.63, 3.8) is 0 Å². The van der Waals surface area contributed by atoms with E-state index >= 15 is 0 Å². The Balaban J connectivity index is 1.52. The molecule has 154 valence electrons. The second kappa shape index (κ2) is 9.41. The standard InChI is InChI=1S/C30H22IN/c31-27-11-7-10-26(22-27)25-16-20-30(21-17-25)32(28-12-5-2-6-13-28)29-18-14-24(15-19-29)23-8-3-1-4-9-23/h1-22H. The first-order valence-corrected chi connectivity index (χ1v) is 11.7. The normalized spacial score (nSPS) is 10.7. The highest BCUT2D eigenvalue weighted by molar-refractivity contribution is 14.1. The molecule has 0 unspecified atom stereocenters. The maximum atomic E-state index is 2.36. The largest absolute Gasteiger partial charge is 0.311 e. The van der Waals surface area contributed by atoms with E-state index in [1.165, 1.54) is 25.8 Å². The van der Waals surface area contributed by atoms with Crippen LogP contribution in [-0.4, -0.2) is 0 Å². The molecule has 0 aliphatic heterocycles. The van der Waals surface area contributed by atoms with Gasteiger partial charge in [0, 0.05) is 20.6 Å². The van der Waals surface area contributed by atoms with Gasteiger partial charge in [-0.1, -0.05) is 84.9 Å². The lowest BCUT2D eigenvalue weighted by Crippen LogP contribution is -2.09. The topological polar surface area (TPSA) is 3.24 Å². The summed E-state index contributed by atoms with van der Waals surface area (Å²) >= 11 is 2.36. The Bertz CT molecular complexity index is 1290. The van der Waals surface area contributed by atoms with Gasteiger partial charge in [-0.25, -0.2) is 0 Å². The molecule has 0 bridgehead atoms. The van der Waals surface area contributed by atoms with Crippen molar-refractivity contribution in [2.45, 2.75) is 0 Å². The molecule has 0 aromatic heterocycles. The van der Waals surface area contributed by atoms with Crippen LogP contribution in [0.2, 0.25) is 0 Å². The van der Waals surface area contributed by atoms with Gasteiger partial charge in [0.25, 0.3) is 0 Å². The number of benzene rings is 5. The lowest BCUT2D eigenvalue weighted by Gasteiger charge is -2.26. The first-order valence-electron chi connectivity index (χ1n) is 10.6. The van der Waals surface area contributed by atoms with Crippen LogP contribution in [-0.2, 0) is 0 Å². The average molecular weight is 523 g/mol. The van der Waals surface area contributed by atoms with Crippen LogP contribution < -0.4 is 4.90 Å². The predicted octanol–water partition coefficient (Wildman–Crippen LogP) is 9.10. The van der Waals surface area contributed by atoms with Crippen LogP contribution in [0.4, 0.5) is 17.1 Å². The summed E-state index contributed by atoms with van der Waals surface area (Å²) in [6, 6.07) is 47.2. The van der Waals surface area contributed by atoms with E-state index in [0.29, 0.717) is 0 Å². The highest BCUT2D eigenvalue weighted by Gasteiger charge is 2.12. The molecule has 0 amide bonds. The molecular weight excluding hydrogens is 501 g/mol. The number of para-hydroxylation sites is 1. The number of rotatable bonds is 5. The first kappa shape index (κ1) is 20.5. The Labute approximate surface area is 203 Å². The van der Waals surface area contributed by atoms with Crippen molar-refractivity contribution in [3.05, 3.63) is 137 Å². The molecule has 0 aliphatic carbocycles. The van der Waals surface area contributed by atoms with Crippen molar-refractivity contribution in [2.24, 2.45) is 0 Å². The minimum atomic E-state index is 1.14. The minimum absolute atomic E-state index is 1.14. The van der Waals surface area contributed by atoms with Crippen LogP contribution >= 0.6 is 22.6 Å². The Morgan fingerprint density at radius 3 is 1.38 bits per heavy atom. The van der Waals surface area contributed by atoms with Gasteiger partial charge in [0.05, 0.1) is 0 Å². The summed E-state index contributed by atoms with van der Waals surface area (Å²) in [6.07, 6.45) is 0. The van der Waals surface area contributed by atoms with Gasteiger partial charge in [0.15, 0.2) is 0 Å². The molecule has 0 aliphatic rings. The summed E-state index contributed by atoms with van der Waals surface area (Å²) in [4.78, 5) is 2.30. The zero-order valence-electron chi connectivity index (χ0n) is 17.5. The summed E-state index contributed by atoms with van der Waals surface area (Å²) in [5.74, 6) is 0. The molecule has 0 fully saturated rings. The van der Waals surface area contributed by atoms with Crippen LogP contribution in [0.3, 0.4) is 0 Å². The molecule has 0 saturated heterocycles. The van der Waals surface area contributed by atoms with Gasteiger partial charge in [0.1, 0.15) is 0 Å². The fourth-order valence-corrected chi connectivity index (χ4v) is 4.47. The molecule has 5 rings (SSSR count). The summed E-state index contributed by atoms with van der Waals surface area (Å²) in [5, 5.41) is 0. The summed E-state index contributed by atoms with van der Waals surface area (Å²) in [7, 11) is 0. The van der Waals surface area contributed by atoms with E-state index in [9.17, 15) is 0 Å². The Morgan fingerprint density at radius 1 is 0.375 bits per heavy atom. The van der Waals surface area contributed by atoms with Gasteiger partial charge in [-0.15, -0.1) is 0 Å². The zero-order valence-corrected chi connectivity index (χ0v) is 19.7. The third-order valence-corrected chi connectivity index (χ3v) is 6.20. The van der Waals surface area contributed by atoms with E-state index in [-0.39, 0.29) is 0 Å². The Hall–Kier alpha value is -3.37. The van der Waals surface area contributed by atoms with E-state index in [1.54, 1.807) is 0 Å². The smallest absolute Gasteiger partial charge is 0.0462 e. The second-order valence-corrected chi connectivity index (χ2v) is 8.89. The number of anilines is 3. The van der Waals surface area contributed by atoms with Crippen molar-refractivity contribution in [1.82, 2.24) is 0 Å². The third-order valence-electron chi connectivity index (χ3n) is 5.53. The van der Waals surface area contributed by atoms with Crippen LogP contribution in [0.5, 0.6) is 0 Å². The maximum absolute atomic E-state index is 2.36. The SMILES string of the molecule is Ic1cccc(-c2ccc(N(c3ccccc3)c3ccc(-c4ccccc4)cc3)cc2)c1. The van der Waals surface area contributed by atoms with E-state index in [1.807, 2.05) is 0 Å². The molecule has 0 heterocycles. The monoisotopic (exact) mass is 523 g/mol. The zero-order chi connectivity index (χ0) is 21.8. The highest BCUT2D eigenvalue weighted by Crippen LogP contribution is 2.36. The number of hydrogen-bond acceptors (Lipinski definition) is 1. The molecular formula is C30H22IN. The fourth-order valence-electron chi connectivity index (χ4n) is 3.93.